The molecule has 0 radical (unpaired) electrons. The highest BCUT2D eigenvalue weighted by molar-refractivity contribution is 7.89. The summed E-state index contributed by atoms with van der Waals surface area (Å²) in [6.45, 7) is 8.46. The molecule has 0 spiro atoms. The van der Waals surface area contributed by atoms with Crippen LogP contribution in [0.1, 0.15) is 56.1 Å². The maximum atomic E-state index is 14.2. The van der Waals surface area contributed by atoms with E-state index in [4.69, 9.17) is 0 Å². The predicted octanol–water partition coefficient (Wildman–Crippen LogP) is 4.58. The van der Waals surface area contributed by atoms with E-state index < -0.39 is 20.2 Å². The topological polar surface area (TPSA) is 84.5 Å². The van der Waals surface area contributed by atoms with Crippen LogP contribution in [-0.2, 0) is 33.2 Å². The van der Waals surface area contributed by atoms with Gasteiger partial charge in [0.1, 0.15) is 0 Å². The zero-order chi connectivity index (χ0) is 32.0. The number of rotatable bonds is 7. The van der Waals surface area contributed by atoms with Gasteiger partial charge in [0, 0.05) is 65.6 Å². The van der Waals surface area contributed by atoms with Gasteiger partial charge in [0.05, 0.1) is 4.90 Å². The minimum atomic E-state index is -3.82. The molecule has 1 saturated carbocycles. The fourth-order valence-electron chi connectivity index (χ4n) is 6.97. The second-order valence-corrected chi connectivity index (χ2v) is 17.0. The molecule has 45 heavy (non-hydrogen) atoms. The van der Waals surface area contributed by atoms with E-state index >= 15 is 0 Å². The average molecular weight is 658 g/mol. The van der Waals surface area contributed by atoms with E-state index in [0.717, 1.165) is 37.3 Å². The molecule has 3 aliphatic rings. The molecule has 0 unspecified atom stereocenters. The molecular formula is C34H51N5O4S2. The van der Waals surface area contributed by atoms with Crippen molar-refractivity contribution in [2.75, 3.05) is 71.4 Å². The van der Waals surface area contributed by atoms with Crippen LogP contribution in [0.3, 0.4) is 0 Å². The van der Waals surface area contributed by atoms with Gasteiger partial charge in [0.25, 0.3) is 10.2 Å². The molecule has 9 nitrogen and oxygen atoms in total. The van der Waals surface area contributed by atoms with E-state index in [2.05, 4.69) is 17.5 Å². The number of benzene rings is 2. The van der Waals surface area contributed by atoms with Crippen LogP contribution in [0.5, 0.6) is 0 Å². The molecule has 0 amide bonds. The zero-order valence-electron chi connectivity index (χ0n) is 27.1. The molecule has 248 valence electrons. The Kier molecular flexibility index (Phi) is 11.4. The van der Waals surface area contributed by atoms with Gasteiger partial charge in [-0.05, 0) is 92.1 Å². The summed E-state index contributed by atoms with van der Waals surface area (Å²) in [6, 6.07) is 15.0. The number of hydrogen-bond acceptors (Lipinski definition) is 6. The molecule has 2 aromatic rings. The van der Waals surface area contributed by atoms with Gasteiger partial charge >= 0.3 is 0 Å². The van der Waals surface area contributed by atoms with Gasteiger partial charge in [0.2, 0.25) is 10.0 Å². The lowest BCUT2D eigenvalue weighted by atomic mass is 9.89. The lowest BCUT2D eigenvalue weighted by Gasteiger charge is -2.35. The minimum absolute atomic E-state index is 0.0786. The van der Waals surface area contributed by atoms with Crippen molar-refractivity contribution in [2.24, 2.45) is 5.92 Å². The fourth-order valence-corrected chi connectivity index (χ4v) is 10.1. The molecule has 2 aromatic carbocycles. The third kappa shape index (κ3) is 8.55. The monoisotopic (exact) mass is 657 g/mol. The second-order valence-electron chi connectivity index (χ2n) is 13.2. The average Bonchev–Trinajstić information content (AvgIpc) is 3.03. The standard InChI is InChI=1S/C34H51N5O4S2/c1-29-25-37(44(40,41)34-17-15-33(16-18-34)35(2)3)22-9-20-36(27-30-11-5-4-6-12-30)21-10-23-38(26-29)45(42,43)39-24-19-31-13-7-8-14-32(31)28-39/h7-8,13-18,30H,1,4-6,9-12,19-28H2,2-3H3. The summed E-state index contributed by atoms with van der Waals surface area (Å²) in [5, 5.41) is 0. The summed E-state index contributed by atoms with van der Waals surface area (Å²) in [5.41, 5.74) is 3.73. The van der Waals surface area contributed by atoms with Crippen LogP contribution in [0.25, 0.3) is 0 Å². The van der Waals surface area contributed by atoms with E-state index in [1.165, 1.54) is 42.0 Å². The quantitative estimate of drug-likeness (QED) is 0.406. The van der Waals surface area contributed by atoms with Gasteiger partial charge in [-0.3, -0.25) is 0 Å². The molecule has 0 bridgehead atoms. The first-order chi connectivity index (χ1) is 21.5. The summed E-state index contributed by atoms with van der Waals surface area (Å²) >= 11 is 0. The molecule has 1 saturated heterocycles. The lowest BCUT2D eigenvalue weighted by Crippen LogP contribution is -2.48. The Morgan fingerprint density at radius 2 is 1.31 bits per heavy atom. The van der Waals surface area contributed by atoms with Crippen molar-refractivity contribution in [1.29, 1.82) is 0 Å². The lowest BCUT2D eigenvalue weighted by molar-refractivity contribution is 0.187. The van der Waals surface area contributed by atoms with Crippen molar-refractivity contribution in [2.45, 2.75) is 62.8 Å². The summed E-state index contributed by atoms with van der Waals surface area (Å²) in [7, 11) is -3.77. The van der Waals surface area contributed by atoms with Crippen LogP contribution in [0.2, 0.25) is 0 Å². The molecule has 0 atom stereocenters. The highest BCUT2D eigenvalue weighted by Crippen LogP contribution is 2.27. The van der Waals surface area contributed by atoms with E-state index in [9.17, 15) is 16.8 Å². The Morgan fingerprint density at radius 1 is 0.711 bits per heavy atom. The Hall–Kier alpha value is -2.28. The molecule has 1 aliphatic carbocycles. The van der Waals surface area contributed by atoms with Crippen molar-refractivity contribution in [1.82, 2.24) is 17.8 Å². The Morgan fingerprint density at radius 3 is 1.98 bits per heavy atom. The summed E-state index contributed by atoms with van der Waals surface area (Å²) in [4.78, 5) is 4.62. The third-order valence-electron chi connectivity index (χ3n) is 9.54. The molecule has 2 heterocycles. The van der Waals surface area contributed by atoms with Gasteiger partial charge in [-0.2, -0.15) is 21.3 Å². The number of anilines is 1. The first kappa shape index (κ1) is 34.1. The van der Waals surface area contributed by atoms with Crippen LogP contribution < -0.4 is 4.90 Å². The number of hydrogen-bond donors (Lipinski definition) is 0. The Balaban J connectivity index is 1.39. The van der Waals surface area contributed by atoms with Gasteiger partial charge in [0.15, 0.2) is 0 Å². The first-order valence-electron chi connectivity index (χ1n) is 16.5. The van der Waals surface area contributed by atoms with Crippen LogP contribution in [0.15, 0.2) is 65.6 Å². The maximum absolute atomic E-state index is 14.2. The molecule has 2 aliphatic heterocycles. The maximum Gasteiger partial charge on any atom is 0.282 e. The van der Waals surface area contributed by atoms with Gasteiger partial charge in [-0.15, -0.1) is 0 Å². The molecular weight excluding hydrogens is 607 g/mol. The van der Waals surface area contributed by atoms with E-state index in [-0.39, 0.29) is 18.0 Å². The molecule has 11 heteroatoms. The fraction of sp³-hybridized carbons (Fsp3) is 0.588. The molecule has 5 rings (SSSR count). The van der Waals surface area contributed by atoms with Crippen molar-refractivity contribution in [3.63, 3.8) is 0 Å². The van der Waals surface area contributed by atoms with Crippen molar-refractivity contribution >= 4 is 25.9 Å². The number of nitrogens with zero attached hydrogens (tertiary/aromatic N) is 5. The molecule has 0 aromatic heterocycles. The highest BCUT2D eigenvalue weighted by Gasteiger charge is 2.34. The zero-order valence-corrected chi connectivity index (χ0v) is 28.7. The van der Waals surface area contributed by atoms with Crippen LogP contribution in [0.4, 0.5) is 5.69 Å². The summed E-state index contributed by atoms with van der Waals surface area (Å²) in [5.74, 6) is 0.648. The van der Waals surface area contributed by atoms with Crippen LogP contribution in [-0.4, -0.2) is 101 Å². The number of sulfonamides is 1. The van der Waals surface area contributed by atoms with Gasteiger partial charge < -0.3 is 9.80 Å². The van der Waals surface area contributed by atoms with E-state index in [0.29, 0.717) is 50.5 Å². The SMILES string of the molecule is C=C1CN(S(=O)(=O)c2ccc(N(C)C)cc2)CCCN(CC2CCCCC2)CCCN(S(=O)(=O)N2CCc3ccccc3C2)C1. The van der Waals surface area contributed by atoms with Crippen LogP contribution in [0, 0.1) is 5.92 Å². The number of fused-ring (bicyclic) bond motifs is 1. The largest absolute Gasteiger partial charge is 0.378 e. The summed E-state index contributed by atoms with van der Waals surface area (Å²) in [6.07, 6.45) is 8.42. The molecule has 0 N–H and O–H groups in total. The van der Waals surface area contributed by atoms with Crippen LogP contribution >= 0.6 is 0 Å². The summed E-state index contributed by atoms with van der Waals surface area (Å²) < 4.78 is 60.9. The van der Waals surface area contributed by atoms with Gasteiger partial charge in [-0.25, -0.2) is 8.42 Å². The Bertz CT molecular complexity index is 1510. The van der Waals surface area contributed by atoms with E-state index in [1.807, 2.05) is 49.3 Å². The third-order valence-corrected chi connectivity index (χ3v) is 13.3. The van der Waals surface area contributed by atoms with Crippen molar-refractivity contribution in [3.05, 3.63) is 71.8 Å². The predicted molar refractivity (Wildman–Crippen MR) is 182 cm³/mol. The second kappa shape index (κ2) is 15.1. The van der Waals surface area contributed by atoms with Gasteiger partial charge in [-0.1, -0.05) is 50.1 Å². The smallest absolute Gasteiger partial charge is 0.282 e. The van der Waals surface area contributed by atoms with Crippen molar-refractivity contribution < 1.29 is 16.8 Å². The minimum Gasteiger partial charge on any atom is -0.378 e. The first-order valence-corrected chi connectivity index (χ1v) is 19.4. The Labute approximate surface area is 271 Å². The normalized spacial score (nSPS) is 21.5. The van der Waals surface area contributed by atoms with Crippen molar-refractivity contribution in [3.8, 4) is 0 Å². The highest BCUT2D eigenvalue weighted by atomic mass is 32.2. The molecule has 2 fully saturated rings. The van der Waals surface area contributed by atoms with E-state index in [1.54, 1.807) is 20.7 Å².